The van der Waals surface area contributed by atoms with Gasteiger partial charge in [-0.1, -0.05) is 54.5 Å². The number of fused-ring (bicyclic) bond motifs is 1. The molecular weight excluding hydrogens is 404 g/mol. The van der Waals surface area contributed by atoms with E-state index in [0.717, 1.165) is 27.6 Å². The van der Waals surface area contributed by atoms with E-state index in [1.165, 1.54) is 0 Å². The van der Waals surface area contributed by atoms with Gasteiger partial charge in [0.05, 0.1) is 27.7 Å². The van der Waals surface area contributed by atoms with Crippen molar-refractivity contribution < 1.29 is 9.84 Å². The quantitative estimate of drug-likeness (QED) is 0.408. The van der Waals surface area contributed by atoms with Crippen molar-refractivity contribution in [2.45, 2.75) is 30.9 Å². The Morgan fingerprint density at radius 2 is 1.61 bits per heavy atom. The van der Waals surface area contributed by atoms with E-state index in [2.05, 4.69) is 40.0 Å². The summed E-state index contributed by atoms with van der Waals surface area (Å²) in [6.07, 6.45) is 1.68. The number of benzene rings is 3. The molecule has 0 saturated heterocycles. The van der Waals surface area contributed by atoms with Crippen LogP contribution in [0.25, 0.3) is 22.0 Å². The molecule has 3 aromatic carbocycles. The van der Waals surface area contributed by atoms with E-state index in [0.29, 0.717) is 16.3 Å². The lowest BCUT2D eigenvalue weighted by molar-refractivity contribution is 0.587. The molecular formula is C26H24N2O2S. The van der Waals surface area contributed by atoms with E-state index in [1.54, 1.807) is 44.3 Å². The zero-order chi connectivity index (χ0) is 22.0. The van der Waals surface area contributed by atoms with E-state index in [4.69, 9.17) is 0 Å². The summed E-state index contributed by atoms with van der Waals surface area (Å²) in [6.45, 7) is 5.23. The minimum Gasteiger partial charge on any atom is -0.256 e. The normalized spacial score (nSPS) is 11.4. The Balaban J connectivity index is 0.00000289. The molecule has 0 bridgehead atoms. The van der Waals surface area contributed by atoms with Gasteiger partial charge in [0.1, 0.15) is 5.69 Å². The van der Waals surface area contributed by atoms with Crippen LogP contribution in [0.2, 0.25) is 0 Å². The van der Waals surface area contributed by atoms with E-state index >= 15 is 0 Å². The van der Waals surface area contributed by atoms with Gasteiger partial charge in [0.25, 0.3) is 0 Å². The van der Waals surface area contributed by atoms with Crippen LogP contribution in [0.5, 0.6) is 0 Å². The SMILES string of the molecule is Cc1ncc(-c2ccc(S(=O)(=O)C(C)C)cc2)nc1C#Cc1cccc2ccccc12.[HH]. The summed E-state index contributed by atoms with van der Waals surface area (Å²) in [6, 6.07) is 20.9. The van der Waals surface area contributed by atoms with Gasteiger partial charge in [0, 0.05) is 12.6 Å². The minimum atomic E-state index is -3.31. The lowest BCUT2D eigenvalue weighted by atomic mass is 10.0. The average molecular weight is 429 g/mol. The molecule has 0 atom stereocenters. The van der Waals surface area contributed by atoms with Crippen molar-refractivity contribution in [1.82, 2.24) is 9.97 Å². The topological polar surface area (TPSA) is 59.9 Å². The van der Waals surface area contributed by atoms with Crippen molar-refractivity contribution >= 4 is 20.6 Å². The van der Waals surface area contributed by atoms with Crippen LogP contribution in [0.15, 0.2) is 77.8 Å². The Kier molecular flexibility index (Phi) is 5.58. The van der Waals surface area contributed by atoms with Gasteiger partial charge in [-0.2, -0.15) is 0 Å². The second kappa shape index (κ2) is 8.33. The predicted octanol–water partition coefficient (Wildman–Crippen LogP) is 5.43. The molecule has 0 aliphatic rings. The number of nitrogens with zero attached hydrogens (tertiary/aromatic N) is 2. The van der Waals surface area contributed by atoms with Gasteiger partial charge in [0.15, 0.2) is 9.84 Å². The molecule has 0 radical (unpaired) electrons. The first-order valence-corrected chi connectivity index (χ1v) is 11.6. The molecule has 0 aliphatic carbocycles. The summed E-state index contributed by atoms with van der Waals surface area (Å²) in [7, 11) is -3.31. The van der Waals surface area contributed by atoms with E-state index in [-0.39, 0.29) is 1.43 Å². The summed E-state index contributed by atoms with van der Waals surface area (Å²) in [5, 5.41) is 1.77. The first-order valence-electron chi connectivity index (χ1n) is 10.0. The average Bonchev–Trinajstić information content (AvgIpc) is 2.78. The predicted molar refractivity (Wildman–Crippen MR) is 127 cm³/mol. The van der Waals surface area contributed by atoms with Crippen LogP contribution in [-0.2, 0) is 9.84 Å². The van der Waals surface area contributed by atoms with Crippen molar-refractivity contribution in [3.63, 3.8) is 0 Å². The number of rotatable bonds is 3. The molecule has 0 fully saturated rings. The maximum atomic E-state index is 12.3. The molecule has 0 spiro atoms. The highest BCUT2D eigenvalue weighted by Crippen LogP contribution is 2.22. The Labute approximate surface area is 184 Å². The van der Waals surface area contributed by atoms with Crippen molar-refractivity contribution in [2.75, 3.05) is 0 Å². The number of sulfone groups is 1. The van der Waals surface area contributed by atoms with Gasteiger partial charge < -0.3 is 0 Å². The van der Waals surface area contributed by atoms with Gasteiger partial charge in [-0.05, 0) is 55.7 Å². The van der Waals surface area contributed by atoms with Crippen LogP contribution in [0, 0.1) is 18.8 Å². The monoisotopic (exact) mass is 428 g/mol. The van der Waals surface area contributed by atoms with Crippen molar-refractivity contribution in [3.8, 4) is 23.1 Å². The molecule has 0 N–H and O–H groups in total. The van der Waals surface area contributed by atoms with Crippen molar-refractivity contribution in [2.24, 2.45) is 0 Å². The standard InChI is InChI=1S/C26H22N2O2S.H2/c1-18(2)31(29,30)23-14-11-22(12-15-23)26-17-27-19(3)25(28-26)16-13-21-9-6-8-20-7-4-5-10-24(20)21;/h4-12,14-15,17-18H,1-3H3;1H. The second-order valence-electron chi connectivity index (χ2n) is 7.58. The fourth-order valence-corrected chi connectivity index (χ4v) is 4.32. The molecule has 31 heavy (non-hydrogen) atoms. The highest BCUT2D eigenvalue weighted by atomic mass is 32.2. The number of aromatic nitrogens is 2. The molecule has 156 valence electrons. The fraction of sp³-hybridized carbons (Fsp3) is 0.154. The summed E-state index contributed by atoms with van der Waals surface area (Å²) in [5.74, 6) is 6.40. The Bertz CT molecular complexity index is 1430. The third-order valence-electron chi connectivity index (χ3n) is 5.16. The van der Waals surface area contributed by atoms with Gasteiger partial charge in [-0.25, -0.2) is 13.4 Å². The molecule has 0 unspecified atom stereocenters. The first-order chi connectivity index (χ1) is 14.9. The molecule has 5 heteroatoms. The van der Waals surface area contributed by atoms with Crippen molar-refractivity contribution in [1.29, 1.82) is 0 Å². The van der Waals surface area contributed by atoms with E-state index in [1.807, 2.05) is 31.2 Å². The zero-order valence-electron chi connectivity index (χ0n) is 17.6. The number of hydrogen-bond donors (Lipinski definition) is 0. The van der Waals surface area contributed by atoms with Crippen LogP contribution in [-0.4, -0.2) is 23.6 Å². The molecule has 1 aromatic heterocycles. The summed E-state index contributed by atoms with van der Waals surface area (Å²) < 4.78 is 24.7. The first kappa shape index (κ1) is 20.8. The van der Waals surface area contributed by atoms with Crippen LogP contribution < -0.4 is 0 Å². The molecule has 0 amide bonds. The molecule has 4 aromatic rings. The van der Waals surface area contributed by atoms with Crippen LogP contribution in [0.3, 0.4) is 0 Å². The highest BCUT2D eigenvalue weighted by molar-refractivity contribution is 7.92. The minimum absolute atomic E-state index is 0. The Hall–Kier alpha value is -3.49. The van der Waals surface area contributed by atoms with E-state index < -0.39 is 15.1 Å². The lowest BCUT2D eigenvalue weighted by Crippen LogP contribution is -2.13. The summed E-state index contributed by atoms with van der Waals surface area (Å²) in [4.78, 5) is 9.43. The maximum absolute atomic E-state index is 12.3. The number of hydrogen-bond acceptors (Lipinski definition) is 4. The van der Waals surface area contributed by atoms with Crippen LogP contribution in [0.1, 0.15) is 32.2 Å². The van der Waals surface area contributed by atoms with Gasteiger partial charge >= 0.3 is 0 Å². The third kappa shape index (κ3) is 4.21. The maximum Gasteiger partial charge on any atom is 0.180 e. The zero-order valence-corrected chi connectivity index (χ0v) is 18.4. The summed E-state index contributed by atoms with van der Waals surface area (Å²) >= 11 is 0. The lowest BCUT2D eigenvalue weighted by Gasteiger charge is -2.09. The van der Waals surface area contributed by atoms with Crippen molar-refractivity contribution in [3.05, 3.63) is 89.9 Å². The highest BCUT2D eigenvalue weighted by Gasteiger charge is 2.19. The molecule has 1 heterocycles. The number of aryl methyl sites for hydroxylation is 1. The summed E-state index contributed by atoms with van der Waals surface area (Å²) in [5.41, 5.74) is 3.73. The Morgan fingerprint density at radius 1 is 0.903 bits per heavy atom. The van der Waals surface area contributed by atoms with E-state index in [9.17, 15) is 8.42 Å². The molecule has 4 nitrogen and oxygen atoms in total. The van der Waals surface area contributed by atoms with Gasteiger partial charge in [0.2, 0.25) is 0 Å². The van der Waals surface area contributed by atoms with Gasteiger partial charge in [-0.15, -0.1) is 0 Å². The van der Waals surface area contributed by atoms with Gasteiger partial charge in [-0.3, -0.25) is 4.98 Å². The second-order valence-corrected chi connectivity index (χ2v) is 10.1. The third-order valence-corrected chi connectivity index (χ3v) is 7.33. The largest absolute Gasteiger partial charge is 0.256 e. The van der Waals surface area contributed by atoms with Crippen LogP contribution >= 0.6 is 0 Å². The molecule has 0 saturated carbocycles. The van der Waals surface area contributed by atoms with Crippen LogP contribution in [0.4, 0.5) is 0 Å². The fourth-order valence-electron chi connectivity index (χ4n) is 3.26. The Morgan fingerprint density at radius 3 is 2.35 bits per heavy atom. The molecule has 4 rings (SSSR count). The smallest absolute Gasteiger partial charge is 0.180 e. The molecule has 0 aliphatic heterocycles.